The summed E-state index contributed by atoms with van der Waals surface area (Å²) in [6, 6.07) is 1.22. The van der Waals surface area contributed by atoms with Crippen LogP contribution >= 0.6 is 11.1 Å². The monoisotopic (exact) mass is 202 g/mol. The standard InChI is InChI=1S/C10H19ClSi/c1-2-3-4-5-6-7-8-9-10-12-11/h2H,1,3-10H2. The minimum atomic E-state index is 0.629. The topological polar surface area (TPSA) is 0 Å². The van der Waals surface area contributed by atoms with Crippen molar-refractivity contribution in [2.45, 2.75) is 51.0 Å². The van der Waals surface area contributed by atoms with Gasteiger partial charge in [0.2, 0.25) is 0 Å². The smallest absolute Gasteiger partial charge is 0.171 e. The van der Waals surface area contributed by atoms with Crippen LogP contribution in [0.5, 0.6) is 0 Å². The maximum absolute atomic E-state index is 5.60. The van der Waals surface area contributed by atoms with Gasteiger partial charge < -0.3 is 0 Å². The second kappa shape index (κ2) is 11.2. The van der Waals surface area contributed by atoms with Crippen molar-refractivity contribution in [1.82, 2.24) is 0 Å². The normalized spacial score (nSPS) is 10.1. The molecule has 0 bridgehead atoms. The van der Waals surface area contributed by atoms with E-state index in [2.05, 4.69) is 6.58 Å². The molecule has 0 rings (SSSR count). The van der Waals surface area contributed by atoms with Crippen molar-refractivity contribution in [3.05, 3.63) is 12.7 Å². The first-order valence-corrected chi connectivity index (χ1v) is 7.08. The van der Waals surface area contributed by atoms with Crippen LogP contribution in [0.2, 0.25) is 6.04 Å². The van der Waals surface area contributed by atoms with Gasteiger partial charge in [-0.1, -0.05) is 38.2 Å². The van der Waals surface area contributed by atoms with E-state index in [9.17, 15) is 0 Å². The minimum Gasteiger partial charge on any atom is -0.171 e. The quantitative estimate of drug-likeness (QED) is 0.228. The maximum atomic E-state index is 5.60. The summed E-state index contributed by atoms with van der Waals surface area (Å²) in [6.45, 7) is 3.71. The molecule has 0 unspecified atom stereocenters. The predicted molar refractivity (Wildman–Crippen MR) is 58.9 cm³/mol. The van der Waals surface area contributed by atoms with Crippen molar-refractivity contribution in [2.24, 2.45) is 0 Å². The van der Waals surface area contributed by atoms with Gasteiger partial charge in [0, 0.05) is 0 Å². The second-order valence-electron chi connectivity index (χ2n) is 3.08. The van der Waals surface area contributed by atoms with Crippen molar-refractivity contribution in [2.75, 3.05) is 0 Å². The van der Waals surface area contributed by atoms with Crippen LogP contribution in [0.3, 0.4) is 0 Å². The van der Waals surface area contributed by atoms with Crippen molar-refractivity contribution >= 4 is 19.9 Å². The Kier molecular flexibility index (Phi) is 11.5. The molecular formula is C10H19ClSi. The summed E-state index contributed by atoms with van der Waals surface area (Å²) in [4.78, 5) is 0. The average molecular weight is 203 g/mol. The van der Waals surface area contributed by atoms with Gasteiger partial charge in [0.05, 0.1) is 0 Å². The fourth-order valence-electron chi connectivity index (χ4n) is 1.19. The highest BCUT2D eigenvalue weighted by Gasteiger charge is 1.90. The zero-order valence-corrected chi connectivity index (χ0v) is 9.58. The number of rotatable bonds is 9. The molecular weight excluding hydrogens is 184 g/mol. The first kappa shape index (κ1) is 12.2. The Morgan fingerprint density at radius 1 is 1.00 bits per heavy atom. The van der Waals surface area contributed by atoms with Gasteiger partial charge in [-0.05, 0) is 18.9 Å². The molecule has 2 radical (unpaired) electrons. The van der Waals surface area contributed by atoms with E-state index < -0.39 is 0 Å². The van der Waals surface area contributed by atoms with Gasteiger partial charge in [-0.3, -0.25) is 0 Å². The van der Waals surface area contributed by atoms with Gasteiger partial charge >= 0.3 is 0 Å². The van der Waals surface area contributed by atoms with E-state index in [0.717, 1.165) is 0 Å². The third-order valence-corrected chi connectivity index (χ3v) is 3.04. The van der Waals surface area contributed by atoms with Crippen LogP contribution in [0.25, 0.3) is 0 Å². The number of allylic oxidation sites excluding steroid dienone is 1. The molecule has 0 saturated carbocycles. The van der Waals surface area contributed by atoms with E-state index in [0.29, 0.717) is 8.83 Å². The Labute approximate surface area is 83.9 Å². The fraction of sp³-hybridized carbons (Fsp3) is 0.800. The molecule has 0 nitrogen and oxygen atoms in total. The summed E-state index contributed by atoms with van der Waals surface area (Å²) in [7, 11) is 0.629. The van der Waals surface area contributed by atoms with Gasteiger partial charge in [0.15, 0.2) is 8.83 Å². The highest BCUT2D eigenvalue weighted by atomic mass is 35.6. The van der Waals surface area contributed by atoms with Gasteiger partial charge in [-0.25, -0.2) is 0 Å². The SMILES string of the molecule is C=CCCCCCCCC[Si]Cl. The van der Waals surface area contributed by atoms with Crippen LogP contribution in [0.15, 0.2) is 12.7 Å². The first-order valence-electron chi connectivity index (χ1n) is 4.86. The molecule has 70 valence electrons. The molecule has 0 aromatic heterocycles. The Morgan fingerprint density at radius 2 is 1.58 bits per heavy atom. The van der Waals surface area contributed by atoms with Crippen molar-refractivity contribution in [1.29, 1.82) is 0 Å². The second-order valence-corrected chi connectivity index (χ2v) is 4.65. The maximum Gasteiger partial charge on any atom is 0.171 e. The van der Waals surface area contributed by atoms with Crippen molar-refractivity contribution in [3.8, 4) is 0 Å². The molecule has 0 atom stereocenters. The lowest BCUT2D eigenvalue weighted by molar-refractivity contribution is 0.611. The summed E-state index contributed by atoms with van der Waals surface area (Å²) >= 11 is 5.60. The molecule has 0 aromatic rings. The zero-order chi connectivity index (χ0) is 9.07. The summed E-state index contributed by atoms with van der Waals surface area (Å²) < 4.78 is 0. The fourth-order valence-corrected chi connectivity index (χ4v) is 1.97. The molecule has 0 heterocycles. The van der Waals surface area contributed by atoms with E-state index in [1.165, 1.54) is 51.0 Å². The molecule has 0 spiro atoms. The van der Waals surface area contributed by atoms with Crippen molar-refractivity contribution < 1.29 is 0 Å². The number of hydrogen-bond donors (Lipinski definition) is 0. The third-order valence-electron chi connectivity index (χ3n) is 1.93. The molecule has 0 saturated heterocycles. The lowest BCUT2D eigenvalue weighted by Gasteiger charge is -1.98. The summed E-state index contributed by atoms with van der Waals surface area (Å²) in [5.41, 5.74) is 0. The molecule has 0 amide bonds. The Hall–Kier alpha value is 0.247. The van der Waals surface area contributed by atoms with E-state index in [1.54, 1.807) is 0 Å². The van der Waals surface area contributed by atoms with Gasteiger partial charge in [0.25, 0.3) is 0 Å². The molecule has 0 aliphatic heterocycles. The minimum absolute atomic E-state index is 0.629. The molecule has 0 aliphatic carbocycles. The van der Waals surface area contributed by atoms with Crippen LogP contribution < -0.4 is 0 Å². The van der Waals surface area contributed by atoms with E-state index in [-0.39, 0.29) is 0 Å². The Balaban J connectivity index is 2.77. The molecule has 12 heavy (non-hydrogen) atoms. The van der Waals surface area contributed by atoms with Crippen LogP contribution in [0.4, 0.5) is 0 Å². The molecule has 0 aromatic carbocycles. The Morgan fingerprint density at radius 3 is 2.17 bits per heavy atom. The zero-order valence-electron chi connectivity index (χ0n) is 7.82. The molecule has 0 N–H and O–H groups in total. The first-order chi connectivity index (χ1) is 5.91. The number of hydrogen-bond acceptors (Lipinski definition) is 0. The number of halogens is 1. The van der Waals surface area contributed by atoms with Crippen LogP contribution in [0.1, 0.15) is 44.9 Å². The van der Waals surface area contributed by atoms with E-state index in [1.807, 2.05) is 6.08 Å². The van der Waals surface area contributed by atoms with Gasteiger partial charge in [-0.15, -0.1) is 6.58 Å². The van der Waals surface area contributed by atoms with Gasteiger partial charge in [-0.2, -0.15) is 11.1 Å². The van der Waals surface area contributed by atoms with Crippen LogP contribution in [0, 0.1) is 0 Å². The molecule has 2 heteroatoms. The summed E-state index contributed by atoms with van der Waals surface area (Å²) in [5.74, 6) is 0. The summed E-state index contributed by atoms with van der Waals surface area (Å²) in [6.07, 6.45) is 11.3. The Bertz CT molecular complexity index is 93.8. The lowest BCUT2D eigenvalue weighted by Crippen LogP contribution is -1.81. The highest BCUT2D eigenvalue weighted by Crippen LogP contribution is 2.08. The van der Waals surface area contributed by atoms with Gasteiger partial charge in [0.1, 0.15) is 0 Å². The molecule has 0 aliphatic rings. The predicted octanol–water partition coefficient (Wildman–Crippen LogP) is 4.18. The molecule has 0 fully saturated rings. The highest BCUT2D eigenvalue weighted by molar-refractivity contribution is 6.93. The van der Waals surface area contributed by atoms with Crippen LogP contribution in [-0.4, -0.2) is 8.83 Å². The van der Waals surface area contributed by atoms with Crippen molar-refractivity contribution in [3.63, 3.8) is 0 Å². The lowest BCUT2D eigenvalue weighted by atomic mass is 10.1. The summed E-state index contributed by atoms with van der Waals surface area (Å²) in [5, 5.41) is 0. The number of unbranched alkanes of at least 4 members (excludes halogenated alkanes) is 6. The third kappa shape index (κ3) is 10.2. The average Bonchev–Trinajstić information content (AvgIpc) is 2.10. The van der Waals surface area contributed by atoms with E-state index in [4.69, 9.17) is 11.1 Å². The van der Waals surface area contributed by atoms with E-state index >= 15 is 0 Å². The largest absolute Gasteiger partial charge is 0.171 e. The van der Waals surface area contributed by atoms with Crippen LogP contribution in [-0.2, 0) is 0 Å².